The predicted molar refractivity (Wildman–Crippen MR) is 62.9 cm³/mol. The van der Waals surface area contributed by atoms with Gasteiger partial charge in [-0.1, -0.05) is 11.3 Å². The van der Waals surface area contributed by atoms with Crippen molar-refractivity contribution in [1.82, 2.24) is 0 Å². The van der Waals surface area contributed by atoms with Gasteiger partial charge in [-0.3, -0.25) is 0 Å². The molecule has 0 aliphatic heterocycles. The molecular weight excluding hydrogens is 188 g/mol. The zero-order valence-electron chi connectivity index (χ0n) is 9.51. The van der Waals surface area contributed by atoms with E-state index in [-0.39, 0.29) is 9.76 Å². The fraction of sp³-hybridized carbons (Fsp3) is 0.833. The normalized spacial score (nSPS) is 37.6. The van der Waals surface area contributed by atoms with Gasteiger partial charge in [-0.05, 0) is 57.3 Å². The van der Waals surface area contributed by atoms with E-state index in [1.54, 1.807) is 0 Å². The third kappa shape index (κ3) is 2.11. The lowest BCUT2D eigenvalue weighted by molar-refractivity contribution is 0.158. The molecule has 0 aromatic heterocycles. The molecule has 2 aliphatic carbocycles. The van der Waals surface area contributed by atoms with E-state index in [0.717, 1.165) is 12.5 Å². The Hall–Kier alpha value is -0.0831. The van der Waals surface area contributed by atoms with Crippen molar-refractivity contribution < 1.29 is 4.43 Å². The van der Waals surface area contributed by atoms with Crippen LogP contribution in [0.15, 0.2) is 11.3 Å². The fourth-order valence-electron chi connectivity index (χ4n) is 3.03. The Morgan fingerprint density at radius 2 is 2.21 bits per heavy atom. The third-order valence-corrected chi connectivity index (χ3v) is 5.39. The van der Waals surface area contributed by atoms with Crippen LogP contribution in [0.25, 0.3) is 0 Å². The van der Waals surface area contributed by atoms with Gasteiger partial charge < -0.3 is 4.43 Å². The van der Waals surface area contributed by atoms with Crippen LogP contribution in [0.5, 0.6) is 0 Å². The molecule has 0 heterocycles. The first kappa shape index (κ1) is 10.4. The molecule has 14 heavy (non-hydrogen) atoms. The lowest BCUT2D eigenvalue weighted by Crippen LogP contribution is -2.22. The van der Waals surface area contributed by atoms with Crippen molar-refractivity contribution in [2.45, 2.75) is 46.0 Å². The van der Waals surface area contributed by atoms with Crippen LogP contribution in [0.4, 0.5) is 0 Å². The predicted octanol–water partition coefficient (Wildman–Crippen LogP) is 2.59. The maximum absolute atomic E-state index is 5.96. The Balaban J connectivity index is 1.75. The smallest absolute Gasteiger partial charge is 0.187 e. The van der Waals surface area contributed by atoms with E-state index in [4.69, 9.17) is 4.43 Å². The molecule has 0 unspecified atom stereocenters. The van der Waals surface area contributed by atoms with E-state index >= 15 is 0 Å². The van der Waals surface area contributed by atoms with Crippen molar-refractivity contribution in [3.05, 3.63) is 11.3 Å². The highest BCUT2D eigenvalue weighted by Gasteiger charge is 2.44. The summed E-state index contributed by atoms with van der Waals surface area (Å²) in [6.07, 6.45) is 9.52. The second kappa shape index (κ2) is 4.19. The van der Waals surface area contributed by atoms with Gasteiger partial charge in [0.2, 0.25) is 0 Å². The summed E-state index contributed by atoms with van der Waals surface area (Å²) in [4.78, 5) is 0. The van der Waals surface area contributed by atoms with Gasteiger partial charge in [0.1, 0.15) is 0 Å². The molecule has 80 valence electrons. The number of hydrogen-bond donors (Lipinski definition) is 0. The number of rotatable bonds is 4. The van der Waals surface area contributed by atoms with Crippen LogP contribution in [0.3, 0.4) is 0 Å². The van der Waals surface area contributed by atoms with Crippen LogP contribution in [0.1, 0.15) is 46.0 Å². The SMILES string of the molecule is CC=C(C)[SiH2]OCC12CCC(CC1)C2. The Kier molecular flexibility index (Phi) is 3.13. The summed E-state index contributed by atoms with van der Waals surface area (Å²) in [5.74, 6) is 1.06. The highest BCUT2D eigenvalue weighted by atomic mass is 28.2. The summed E-state index contributed by atoms with van der Waals surface area (Å²) in [5.41, 5.74) is 0.631. The van der Waals surface area contributed by atoms with Gasteiger partial charge in [-0.15, -0.1) is 0 Å². The largest absolute Gasteiger partial charge is 0.418 e. The summed E-state index contributed by atoms with van der Waals surface area (Å²) in [6.45, 7) is 5.39. The van der Waals surface area contributed by atoms with Gasteiger partial charge in [0.15, 0.2) is 9.76 Å². The Bertz CT molecular complexity index is 226. The first-order chi connectivity index (χ1) is 6.74. The van der Waals surface area contributed by atoms with Crippen LogP contribution >= 0.6 is 0 Å². The van der Waals surface area contributed by atoms with Crippen LogP contribution in [0, 0.1) is 11.3 Å². The lowest BCUT2D eigenvalue weighted by atomic mass is 9.85. The standard InChI is InChI=1S/C12H22OSi/c1-3-10(2)14-13-9-12-6-4-11(8-12)5-7-12/h3,11H,4-9,14H2,1-2H3. The van der Waals surface area contributed by atoms with Gasteiger partial charge >= 0.3 is 0 Å². The van der Waals surface area contributed by atoms with Crippen molar-refractivity contribution in [2.75, 3.05) is 6.61 Å². The quantitative estimate of drug-likeness (QED) is 0.648. The van der Waals surface area contributed by atoms with Crippen LogP contribution in [-0.2, 0) is 4.43 Å². The van der Waals surface area contributed by atoms with Crippen molar-refractivity contribution in [3.63, 3.8) is 0 Å². The highest BCUT2D eigenvalue weighted by molar-refractivity contribution is 6.37. The van der Waals surface area contributed by atoms with E-state index in [0.29, 0.717) is 5.41 Å². The van der Waals surface area contributed by atoms with E-state index in [1.165, 1.54) is 37.3 Å². The summed E-state index contributed by atoms with van der Waals surface area (Å²) in [6, 6.07) is 0. The van der Waals surface area contributed by atoms with Crippen LogP contribution in [-0.4, -0.2) is 16.4 Å². The van der Waals surface area contributed by atoms with Crippen molar-refractivity contribution in [1.29, 1.82) is 0 Å². The number of fused-ring (bicyclic) bond motifs is 2. The van der Waals surface area contributed by atoms with Gasteiger partial charge in [0.25, 0.3) is 0 Å². The van der Waals surface area contributed by atoms with Crippen molar-refractivity contribution in [3.8, 4) is 0 Å². The summed E-state index contributed by atoms with van der Waals surface area (Å²) in [7, 11) is -0.365. The molecule has 2 heteroatoms. The second-order valence-electron chi connectivity index (χ2n) is 5.28. The first-order valence-electron chi connectivity index (χ1n) is 5.94. The molecule has 0 amide bonds. The van der Waals surface area contributed by atoms with Gasteiger partial charge in [-0.25, -0.2) is 0 Å². The van der Waals surface area contributed by atoms with Gasteiger partial charge in [0, 0.05) is 6.61 Å². The molecule has 0 saturated heterocycles. The minimum absolute atomic E-state index is 0.365. The second-order valence-corrected chi connectivity index (χ2v) is 7.09. The molecular formula is C12H22OSi. The van der Waals surface area contributed by atoms with Gasteiger partial charge in [-0.2, -0.15) is 0 Å². The third-order valence-electron chi connectivity index (χ3n) is 4.12. The molecule has 2 aliphatic rings. The van der Waals surface area contributed by atoms with Crippen LogP contribution < -0.4 is 0 Å². The molecule has 1 nitrogen and oxygen atoms in total. The van der Waals surface area contributed by atoms with Crippen LogP contribution in [0.2, 0.25) is 0 Å². The molecule has 2 saturated carbocycles. The van der Waals surface area contributed by atoms with E-state index in [9.17, 15) is 0 Å². The van der Waals surface area contributed by atoms with Crippen molar-refractivity contribution in [2.24, 2.45) is 11.3 Å². The molecule has 0 atom stereocenters. The summed E-state index contributed by atoms with van der Waals surface area (Å²) >= 11 is 0. The average molecular weight is 210 g/mol. The minimum Gasteiger partial charge on any atom is -0.418 e. The Morgan fingerprint density at radius 1 is 1.50 bits per heavy atom. The topological polar surface area (TPSA) is 9.23 Å². The minimum atomic E-state index is -0.365. The molecule has 0 N–H and O–H groups in total. The summed E-state index contributed by atoms with van der Waals surface area (Å²) in [5, 5.41) is 1.49. The fourth-order valence-corrected chi connectivity index (χ4v) is 4.05. The Labute approximate surface area is 89.9 Å². The zero-order chi connectivity index (χ0) is 10.0. The molecule has 0 aromatic rings. The summed E-state index contributed by atoms with van der Waals surface area (Å²) < 4.78 is 5.96. The Morgan fingerprint density at radius 3 is 2.71 bits per heavy atom. The molecule has 0 radical (unpaired) electrons. The maximum atomic E-state index is 5.96. The zero-order valence-corrected chi connectivity index (χ0v) is 10.9. The molecule has 2 bridgehead atoms. The monoisotopic (exact) mass is 210 g/mol. The van der Waals surface area contributed by atoms with Crippen molar-refractivity contribution >= 4 is 9.76 Å². The molecule has 0 aromatic carbocycles. The van der Waals surface area contributed by atoms with E-state index < -0.39 is 0 Å². The molecule has 2 rings (SSSR count). The van der Waals surface area contributed by atoms with Gasteiger partial charge in [0.05, 0.1) is 0 Å². The lowest BCUT2D eigenvalue weighted by Gasteiger charge is -2.26. The molecule has 0 spiro atoms. The number of hydrogen-bond acceptors (Lipinski definition) is 1. The highest BCUT2D eigenvalue weighted by Crippen LogP contribution is 2.54. The first-order valence-corrected chi connectivity index (χ1v) is 7.22. The maximum Gasteiger partial charge on any atom is 0.187 e. The molecule has 2 fully saturated rings. The van der Waals surface area contributed by atoms with E-state index in [2.05, 4.69) is 19.9 Å². The average Bonchev–Trinajstić information content (AvgIpc) is 2.77. The van der Waals surface area contributed by atoms with E-state index in [1.807, 2.05) is 0 Å². The number of allylic oxidation sites excluding steroid dienone is 2.